The second kappa shape index (κ2) is 7.12. The molecule has 0 amide bonds. The average Bonchev–Trinajstić information content (AvgIpc) is 2.43. The van der Waals surface area contributed by atoms with Gasteiger partial charge < -0.3 is 0 Å². The van der Waals surface area contributed by atoms with Crippen LogP contribution in [0.1, 0.15) is 48.5 Å². The van der Waals surface area contributed by atoms with Gasteiger partial charge in [-0.05, 0) is 0 Å². The molecule has 0 aromatic rings. The topological polar surface area (TPSA) is 3.24 Å². The van der Waals surface area contributed by atoms with E-state index >= 15 is 0 Å². The molecule has 0 aromatic heterocycles. The number of allylic oxidation sites excluding steroid dienone is 3. The number of hydrogen-bond donors (Lipinski definition) is 0. The van der Waals surface area contributed by atoms with Gasteiger partial charge in [0.15, 0.2) is 0 Å². The second-order valence-corrected chi connectivity index (χ2v) is 8.37. The van der Waals surface area contributed by atoms with Crippen molar-refractivity contribution in [3.8, 4) is 0 Å². The molecule has 0 saturated heterocycles. The normalized spacial score (nSPS) is 19.9. The molecule has 1 aliphatic carbocycles. The largest absolute Gasteiger partial charge is 0.0750 e. The van der Waals surface area contributed by atoms with E-state index in [0.717, 1.165) is 0 Å². The van der Waals surface area contributed by atoms with E-state index in [1.54, 1.807) is 0 Å². The number of rotatable bonds is 1. The Kier molecular flexibility index (Phi) is 7.20. The third-order valence-electron chi connectivity index (χ3n) is 3.51. The molecule has 1 atom stereocenters. The maximum Gasteiger partial charge on any atom is 0.0135 e. The Hall–Kier alpha value is 0.211. The number of hydrogen-bond acceptors (Lipinski definition) is 1. The van der Waals surface area contributed by atoms with Crippen molar-refractivity contribution in [2.75, 3.05) is 0 Å². The van der Waals surface area contributed by atoms with Crippen LogP contribution in [0.25, 0.3) is 0 Å². The minimum Gasteiger partial charge on any atom is -0.0750 e. The fraction of sp³-hybridized carbons (Fsp3) is 0.733. The van der Waals surface area contributed by atoms with Crippen molar-refractivity contribution in [2.45, 2.75) is 67.1 Å². The van der Waals surface area contributed by atoms with Gasteiger partial charge in [0.2, 0.25) is 0 Å². The van der Waals surface area contributed by atoms with Crippen molar-refractivity contribution >= 4 is 9.52 Å². The van der Waals surface area contributed by atoms with E-state index in [-0.39, 0.29) is 5.54 Å². The van der Waals surface area contributed by atoms with Crippen LogP contribution in [0, 0.1) is 5.92 Å². The Morgan fingerprint density at radius 1 is 1.06 bits per heavy atom. The predicted molar refractivity (Wildman–Crippen MR) is 82.1 cm³/mol. The molecule has 1 nitrogen and oxygen atoms in total. The first-order valence-electron chi connectivity index (χ1n) is 6.99. The zero-order chi connectivity index (χ0) is 14.7. The van der Waals surface area contributed by atoms with Crippen LogP contribution in [0.3, 0.4) is 0 Å². The monoisotopic (exact) mass is 300 g/mol. The Morgan fingerprint density at radius 2 is 1.44 bits per heavy atom. The van der Waals surface area contributed by atoms with Crippen LogP contribution in [-0.2, 0) is 20.7 Å². The second-order valence-electron chi connectivity index (χ2n) is 6.25. The zero-order valence-electron chi connectivity index (χ0n) is 13.7. The van der Waals surface area contributed by atoms with Gasteiger partial charge in [0.05, 0.1) is 0 Å². The molecule has 0 radical (unpaired) electrons. The molecule has 0 spiro atoms. The van der Waals surface area contributed by atoms with Gasteiger partial charge in [-0.25, -0.2) is 0 Å². The molecule has 3 heteroatoms. The molecule has 103 valence electrons. The minimum atomic E-state index is 0.204. The Morgan fingerprint density at radius 3 is 1.67 bits per heavy atom. The third kappa shape index (κ3) is 4.11. The smallest absolute Gasteiger partial charge is 0.0135 e. The van der Waals surface area contributed by atoms with Crippen LogP contribution >= 0.6 is 0 Å². The van der Waals surface area contributed by atoms with Gasteiger partial charge in [0.25, 0.3) is 0 Å². The standard InChI is InChI=1S/C13H22N.C2H8Si.Ti/c1-8-9(2)11(4)12(10(8)3)14-13(5,6)7;1-3-2;/h10H,1-7H3;3H2,1-2H3;/q-1;;+1. The van der Waals surface area contributed by atoms with E-state index in [1.165, 1.54) is 22.4 Å². The first kappa shape index (κ1) is 18.2. The maximum atomic E-state index is 2.42. The Bertz CT molecular complexity index is 350. The van der Waals surface area contributed by atoms with Gasteiger partial charge in [-0.2, -0.15) is 0 Å². The molecule has 1 unspecified atom stereocenters. The molecular weight excluding hydrogens is 270 g/mol. The van der Waals surface area contributed by atoms with Crippen LogP contribution in [0.4, 0.5) is 0 Å². The molecule has 0 aromatic carbocycles. The molecule has 0 saturated carbocycles. The summed E-state index contributed by atoms with van der Waals surface area (Å²) in [4.78, 5) is 0. The molecule has 0 bridgehead atoms. The van der Waals surface area contributed by atoms with Crippen molar-refractivity contribution in [3.63, 3.8) is 0 Å². The molecule has 18 heavy (non-hydrogen) atoms. The summed E-state index contributed by atoms with van der Waals surface area (Å²) >= 11 is 2.21. The van der Waals surface area contributed by atoms with Gasteiger partial charge in [0.1, 0.15) is 0 Å². The van der Waals surface area contributed by atoms with Crippen molar-refractivity contribution in [2.24, 2.45) is 5.92 Å². The molecule has 1 aliphatic rings. The average molecular weight is 300 g/mol. The van der Waals surface area contributed by atoms with Crippen LogP contribution < -0.4 is 0 Å². The number of nitrogens with zero attached hydrogens (tertiary/aromatic N) is 1. The SMILES string of the molecule is CC1=C(C)C(C)C([N]([Ti])C(C)(C)C)=C1C.C[SiH2]C. The summed E-state index contributed by atoms with van der Waals surface area (Å²) in [5.41, 5.74) is 6.18. The van der Waals surface area contributed by atoms with E-state index in [0.29, 0.717) is 15.4 Å². The maximum absolute atomic E-state index is 2.42. The summed E-state index contributed by atoms with van der Waals surface area (Å²) < 4.78 is 2.42. The van der Waals surface area contributed by atoms with Crippen LogP contribution in [-0.4, -0.2) is 18.4 Å². The van der Waals surface area contributed by atoms with E-state index in [4.69, 9.17) is 0 Å². The van der Waals surface area contributed by atoms with E-state index in [9.17, 15) is 0 Å². The summed E-state index contributed by atoms with van der Waals surface area (Å²) in [5.74, 6) is 0.578. The van der Waals surface area contributed by atoms with Gasteiger partial charge in [0, 0.05) is 9.52 Å². The van der Waals surface area contributed by atoms with Crippen LogP contribution in [0.5, 0.6) is 0 Å². The Labute approximate surface area is 129 Å². The molecule has 0 N–H and O–H groups in total. The summed E-state index contributed by atoms with van der Waals surface area (Å²) in [6.45, 7) is 20.4. The zero-order valence-corrected chi connectivity index (χ0v) is 16.7. The van der Waals surface area contributed by atoms with Crippen molar-refractivity contribution in [3.05, 3.63) is 22.4 Å². The fourth-order valence-corrected chi connectivity index (χ4v) is 2.63. The summed E-state index contributed by atoms with van der Waals surface area (Å²) in [6.07, 6.45) is 0. The van der Waals surface area contributed by atoms with Gasteiger partial charge in [-0.15, -0.1) is 0 Å². The molecule has 0 heterocycles. The molecular formula is C15H30NSiTi. The van der Waals surface area contributed by atoms with E-state index in [2.05, 4.69) is 85.6 Å². The summed E-state index contributed by atoms with van der Waals surface area (Å²) in [7, 11) is 0.417. The van der Waals surface area contributed by atoms with Gasteiger partial charge in [-0.3, -0.25) is 0 Å². The first-order chi connectivity index (χ1) is 8.09. The predicted octanol–water partition coefficient (Wildman–Crippen LogP) is 4.06. The molecule has 0 aliphatic heterocycles. The van der Waals surface area contributed by atoms with Gasteiger partial charge in [-0.1, -0.05) is 13.1 Å². The first-order valence-corrected chi connectivity index (χ1v) is 10.5. The minimum absolute atomic E-state index is 0.204. The van der Waals surface area contributed by atoms with Crippen molar-refractivity contribution in [1.29, 1.82) is 0 Å². The van der Waals surface area contributed by atoms with Crippen LogP contribution in [0.15, 0.2) is 22.4 Å². The third-order valence-corrected chi connectivity index (χ3v) is 4.93. The molecule has 1 rings (SSSR count). The van der Waals surface area contributed by atoms with E-state index < -0.39 is 0 Å². The van der Waals surface area contributed by atoms with Crippen molar-refractivity contribution < 1.29 is 20.7 Å². The van der Waals surface area contributed by atoms with E-state index in [1.807, 2.05) is 0 Å². The fourth-order valence-electron chi connectivity index (χ4n) is 2.07. The molecule has 0 fully saturated rings. The van der Waals surface area contributed by atoms with Crippen LogP contribution in [0.2, 0.25) is 13.1 Å². The summed E-state index contributed by atoms with van der Waals surface area (Å²) in [6, 6.07) is 0. The Balaban J connectivity index is 0.000000873. The van der Waals surface area contributed by atoms with Crippen molar-refractivity contribution in [1.82, 2.24) is 3.38 Å². The quantitative estimate of drug-likeness (QED) is 0.660. The summed E-state index contributed by atoms with van der Waals surface area (Å²) in [5, 5.41) is 0. The van der Waals surface area contributed by atoms with Gasteiger partial charge >= 0.3 is 106 Å².